The van der Waals surface area contributed by atoms with Gasteiger partial charge < -0.3 is 5.32 Å². The van der Waals surface area contributed by atoms with Gasteiger partial charge in [-0.3, -0.25) is 18.6 Å². The van der Waals surface area contributed by atoms with E-state index in [0.717, 1.165) is 22.3 Å². The van der Waals surface area contributed by atoms with Gasteiger partial charge in [0.25, 0.3) is 5.91 Å². The summed E-state index contributed by atoms with van der Waals surface area (Å²) in [6.45, 7) is 6.68. The molecule has 32 heavy (non-hydrogen) atoms. The number of nitrogens with one attached hydrogen (secondary N) is 1. The number of carbonyl (C=O) groups is 1. The molecule has 0 aliphatic carbocycles. The highest BCUT2D eigenvalue weighted by atomic mass is 35.5. The fourth-order valence-corrected chi connectivity index (χ4v) is 4.01. The van der Waals surface area contributed by atoms with Gasteiger partial charge in [0.1, 0.15) is 11.3 Å². The molecule has 9 heteroatoms. The number of imidazole rings is 1. The third kappa shape index (κ3) is 3.52. The fraction of sp³-hybridized carbons (Fsp3) is 0.217. The van der Waals surface area contributed by atoms with Crippen LogP contribution in [0.5, 0.6) is 0 Å². The molecule has 0 bridgehead atoms. The number of halogens is 1. The third-order valence-corrected chi connectivity index (χ3v) is 5.65. The Hall–Kier alpha value is -3.65. The summed E-state index contributed by atoms with van der Waals surface area (Å²) in [4.78, 5) is 17.3. The van der Waals surface area contributed by atoms with Crippen molar-refractivity contribution in [2.75, 3.05) is 5.32 Å². The SMILES string of the molecule is Cc1nn(Cc2ccn(C(C)C)n2)c2cccc(NC(=O)c3cnc4cc(Cl)ccn34)c12. The van der Waals surface area contributed by atoms with E-state index in [0.29, 0.717) is 34.6 Å². The molecule has 0 saturated carbocycles. The van der Waals surface area contributed by atoms with Crippen LogP contribution in [0.3, 0.4) is 0 Å². The van der Waals surface area contributed by atoms with Crippen LogP contribution in [-0.4, -0.2) is 34.9 Å². The quantitative estimate of drug-likeness (QED) is 0.422. The van der Waals surface area contributed by atoms with E-state index < -0.39 is 0 Å². The lowest BCUT2D eigenvalue weighted by Gasteiger charge is -2.08. The molecule has 0 atom stereocenters. The molecule has 8 nitrogen and oxygen atoms in total. The average molecular weight is 448 g/mol. The second kappa shape index (κ2) is 7.80. The normalized spacial score (nSPS) is 11.7. The zero-order chi connectivity index (χ0) is 22.4. The minimum Gasteiger partial charge on any atom is -0.320 e. The Morgan fingerprint density at radius 1 is 1.16 bits per heavy atom. The Kier molecular flexibility index (Phi) is 4.94. The van der Waals surface area contributed by atoms with Crippen molar-refractivity contribution in [3.05, 3.63) is 77.1 Å². The second-order valence-electron chi connectivity index (χ2n) is 7.99. The largest absolute Gasteiger partial charge is 0.320 e. The predicted molar refractivity (Wildman–Crippen MR) is 124 cm³/mol. The Bertz CT molecular complexity index is 1460. The van der Waals surface area contributed by atoms with Crippen LogP contribution < -0.4 is 5.32 Å². The van der Waals surface area contributed by atoms with Crippen molar-refractivity contribution in [1.82, 2.24) is 28.9 Å². The van der Waals surface area contributed by atoms with Crippen LogP contribution in [0.4, 0.5) is 5.69 Å². The Labute approximate surface area is 189 Å². The van der Waals surface area contributed by atoms with E-state index in [2.05, 4.69) is 29.2 Å². The molecule has 0 fully saturated rings. The van der Waals surface area contributed by atoms with Gasteiger partial charge in [-0.25, -0.2) is 4.98 Å². The van der Waals surface area contributed by atoms with Gasteiger partial charge in [-0.1, -0.05) is 17.7 Å². The molecule has 162 valence electrons. The molecular formula is C23H22ClN7O. The van der Waals surface area contributed by atoms with Crippen LogP contribution in [0.1, 0.15) is 41.8 Å². The number of aryl methyl sites for hydroxylation is 1. The number of nitrogens with zero attached hydrogens (tertiary/aromatic N) is 6. The first kappa shape index (κ1) is 20.3. The maximum atomic E-state index is 13.0. The summed E-state index contributed by atoms with van der Waals surface area (Å²) in [5, 5.41) is 13.8. The van der Waals surface area contributed by atoms with Crippen LogP contribution >= 0.6 is 11.6 Å². The molecule has 5 rings (SSSR count). The van der Waals surface area contributed by atoms with E-state index in [1.807, 2.05) is 46.7 Å². The topological polar surface area (TPSA) is 82.0 Å². The summed E-state index contributed by atoms with van der Waals surface area (Å²) in [5.74, 6) is -0.254. The van der Waals surface area contributed by atoms with E-state index >= 15 is 0 Å². The molecule has 0 saturated heterocycles. The average Bonchev–Trinajstić information content (AvgIpc) is 3.46. The smallest absolute Gasteiger partial charge is 0.274 e. The molecule has 4 heterocycles. The number of aromatic nitrogens is 6. The van der Waals surface area contributed by atoms with Crippen LogP contribution in [0.2, 0.25) is 5.02 Å². The molecule has 0 spiro atoms. The van der Waals surface area contributed by atoms with Crippen molar-refractivity contribution in [2.45, 2.75) is 33.4 Å². The molecule has 5 aromatic rings. The summed E-state index contributed by atoms with van der Waals surface area (Å²) in [5.41, 5.74) is 4.45. The summed E-state index contributed by atoms with van der Waals surface area (Å²) >= 11 is 6.03. The maximum absolute atomic E-state index is 13.0. The standard InChI is InChI=1S/C23H22ClN7O/c1-14(2)30-10-8-17(28-30)13-31-19-6-4-5-18(22(19)15(3)27-31)26-23(32)20-12-25-21-11-16(24)7-9-29(20)21/h4-12,14H,13H2,1-3H3,(H,26,32). The fourth-order valence-electron chi connectivity index (χ4n) is 3.86. The number of carbonyl (C=O) groups excluding carboxylic acids is 1. The van der Waals surface area contributed by atoms with Crippen molar-refractivity contribution < 1.29 is 4.79 Å². The minimum atomic E-state index is -0.254. The van der Waals surface area contributed by atoms with Crippen LogP contribution in [0, 0.1) is 6.92 Å². The number of hydrogen-bond acceptors (Lipinski definition) is 4. The third-order valence-electron chi connectivity index (χ3n) is 5.41. The molecule has 0 aliphatic rings. The first-order valence-corrected chi connectivity index (χ1v) is 10.7. The molecule has 0 aliphatic heterocycles. The van der Waals surface area contributed by atoms with Crippen LogP contribution in [0.15, 0.2) is 55.0 Å². The van der Waals surface area contributed by atoms with Gasteiger partial charge in [-0.2, -0.15) is 10.2 Å². The van der Waals surface area contributed by atoms with Gasteiger partial charge in [0, 0.05) is 34.9 Å². The predicted octanol–water partition coefficient (Wildman–Crippen LogP) is 4.72. The van der Waals surface area contributed by atoms with Crippen LogP contribution in [-0.2, 0) is 6.54 Å². The first-order valence-electron chi connectivity index (χ1n) is 10.3. The van der Waals surface area contributed by atoms with Gasteiger partial charge in [-0.15, -0.1) is 0 Å². The lowest BCUT2D eigenvalue weighted by atomic mass is 10.1. The van der Waals surface area contributed by atoms with E-state index in [4.69, 9.17) is 16.7 Å². The highest BCUT2D eigenvalue weighted by Gasteiger charge is 2.17. The molecule has 1 amide bonds. The summed E-state index contributed by atoms with van der Waals surface area (Å²) in [6.07, 6.45) is 5.26. The van der Waals surface area contributed by atoms with Crippen molar-refractivity contribution in [3.8, 4) is 0 Å². The number of benzene rings is 1. The highest BCUT2D eigenvalue weighted by Crippen LogP contribution is 2.28. The van der Waals surface area contributed by atoms with Gasteiger partial charge in [0.05, 0.1) is 35.3 Å². The molecule has 1 aromatic carbocycles. The van der Waals surface area contributed by atoms with Crippen molar-refractivity contribution in [2.24, 2.45) is 0 Å². The van der Waals surface area contributed by atoms with E-state index in [1.165, 1.54) is 0 Å². The number of fused-ring (bicyclic) bond motifs is 2. The summed E-state index contributed by atoms with van der Waals surface area (Å²) < 4.78 is 5.56. The second-order valence-corrected chi connectivity index (χ2v) is 8.43. The van der Waals surface area contributed by atoms with Crippen molar-refractivity contribution >= 4 is 39.7 Å². The van der Waals surface area contributed by atoms with E-state index in [-0.39, 0.29) is 5.91 Å². The Morgan fingerprint density at radius 3 is 2.78 bits per heavy atom. The monoisotopic (exact) mass is 447 g/mol. The van der Waals surface area contributed by atoms with Crippen molar-refractivity contribution in [3.63, 3.8) is 0 Å². The van der Waals surface area contributed by atoms with Gasteiger partial charge in [-0.05, 0) is 45.0 Å². The highest BCUT2D eigenvalue weighted by molar-refractivity contribution is 6.30. The van der Waals surface area contributed by atoms with Crippen molar-refractivity contribution in [1.29, 1.82) is 0 Å². The zero-order valence-corrected chi connectivity index (χ0v) is 18.7. The first-order chi connectivity index (χ1) is 15.4. The lowest BCUT2D eigenvalue weighted by molar-refractivity contribution is 0.102. The molecule has 1 N–H and O–H groups in total. The summed E-state index contributed by atoms with van der Waals surface area (Å²) in [6, 6.07) is 11.5. The Morgan fingerprint density at radius 2 is 2.00 bits per heavy atom. The molecule has 0 unspecified atom stereocenters. The molecular weight excluding hydrogens is 426 g/mol. The summed E-state index contributed by atoms with van der Waals surface area (Å²) in [7, 11) is 0. The number of anilines is 1. The van der Waals surface area contributed by atoms with Gasteiger partial charge in [0.15, 0.2) is 0 Å². The number of rotatable bonds is 5. The number of hydrogen-bond donors (Lipinski definition) is 1. The number of pyridine rings is 1. The maximum Gasteiger partial charge on any atom is 0.274 e. The molecule has 4 aromatic heterocycles. The molecule has 0 radical (unpaired) electrons. The Balaban J connectivity index is 1.47. The lowest BCUT2D eigenvalue weighted by Crippen LogP contribution is -2.14. The minimum absolute atomic E-state index is 0.254. The number of amides is 1. The van der Waals surface area contributed by atoms with Gasteiger partial charge in [0.2, 0.25) is 0 Å². The zero-order valence-electron chi connectivity index (χ0n) is 18.0. The van der Waals surface area contributed by atoms with Gasteiger partial charge >= 0.3 is 0 Å². The van der Waals surface area contributed by atoms with E-state index in [1.54, 1.807) is 28.9 Å². The van der Waals surface area contributed by atoms with E-state index in [9.17, 15) is 4.79 Å². The van der Waals surface area contributed by atoms with Crippen LogP contribution in [0.25, 0.3) is 16.6 Å².